The molecule has 0 aromatic heterocycles. The van der Waals surface area contributed by atoms with Crippen molar-refractivity contribution in [1.29, 1.82) is 0 Å². The highest BCUT2D eigenvalue weighted by Crippen LogP contribution is 2.28. The molecular weight excluding hydrogens is 220 g/mol. The number of carbonyl (C=O) groups excluding carboxylic acids is 1. The Morgan fingerprint density at radius 3 is 1.94 bits per heavy atom. The van der Waals surface area contributed by atoms with Gasteiger partial charge in [0.15, 0.2) is 0 Å². The highest BCUT2D eigenvalue weighted by Gasteiger charge is 2.21. The highest BCUT2D eigenvalue weighted by atomic mass is 16.1. The average molecular weight is 254 g/mol. The molecule has 0 aromatic rings. The molecule has 0 aliphatic heterocycles. The van der Waals surface area contributed by atoms with Gasteiger partial charge in [-0.25, -0.2) is 0 Å². The molecule has 0 saturated heterocycles. The second kappa shape index (κ2) is 9.58. The van der Waals surface area contributed by atoms with Gasteiger partial charge in [0.2, 0.25) is 0 Å². The van der Waals surface area contributed by atoms with Crippen molar-refractivity contribution in [3.63, 3.8) is 0 Å². The van der Waals surface area contributed by atoms with Gasteiger partial charge >= 0.3 is 0 Å². The summed E-state index contributed by atoms with van der Waals surface area (Å²) >= 11 is 0. The number of unbranched alkanes of at least 4 members (excludes halogenated alkanes) is 6. The van der Waals surface area contributed by atoms with E-state index in [0.717, 1.165) is 19.3 Å². The number of carbonyl (C=O) groups is 1. The standard InChI is InChI=1S/C17H34O/c1-6-7-8-9-10-11-12-13-16(18)14-15(2)17(3,4)5/h15H,6-14H2,1-5H3. The van der Waals surface area contributed by atoms with Crippen LogP contribution in [0.25, 0.3) is 0 Å². The van der Waals surface area contributed by atoms with E-state index in [4.69, 9.17) is 0 Å². The zero-order valence-corrected chi connectivity index (χ0v) is 13.3. The average Bonchev–Trinajstić information content (AvgIpc) is 2.26. The smallest absolute Gasteiger partial charge is 0.133 e. The second-order valence-corrected chi connectivity index (χ2v) is 6.88. The van der Waals surface area contributed by atoms with Crippen LogP contribution in [0, 0.1) is 11.3 Å². The molecule has 0 aliphatic rings. The first kappa shape index (κ1) is 17.7. The van der Waals surface area contributed by atoms with Crippen LogP contribution < -0.4 is 0 Å². The first-order valence-electron chi connectivity index (χ1n) is 7.89. The molecule has 1 atom stereocenters. The summed E-state index contributed by atoms with van der Waals surface area (Å²) in [6, 6.07) is 0. The van der Waals surface area contributed by atoms with Crippen molar-refractivity contribution in [2.75, 3.05) is 0 Å². The minimum Gasteiger partial charge on any atom is -0.300 e. The molecule has 0 spiro atoms. The Labute approximate surface area is 115 Å². The van der Waals surface area contributed by atoms with Crippen LogP contribution in [0.15, 0.2) is 0 Å². The molecule has 0 fully saturated rings. The van der Waals surface area contributed by atoms with Gasteiger partial charge in [0.1, 0.15) is 5.78 Å². The largest absolute Gasteiger partial charge is 0.300 e. The molecule has 0 radical (unpaired) electrons. The van der Waals surface area contributed by atoms with Crippen LogP contribution in [0.1, 0.15) is 92.4 Å². The van der Waals surface area contributed by atoms with E-state index < -0.39 is 0 Å². The summed E-state index contributed by atoms with van der Waals surface area (Å²) in [6.07, 6.45) is 10.6. The van der Waals surface area contributed by atoms with Gasteiger partial charge in [0.05, 0.1) is 0 Å². The third-order valence-corrected chi connectivity index (χ3v) is 4.07. The third-order valence-electron chi connectivity index (χ3n) is 4.07. The first-order valence-corrected chi connectivity index (χ1v) is 7.89. The van der Waals surface area contributed by atoms with Gasteiger partial charge in [-0.1, -0.05) is 73.1 Å². The van der Waals surface area contributed by atoms with Crippen LogP contribution in [0.3, 0.4) is 0 Å². The van der Waals surface area contributed by atoms with E-state index in [1.807, 2.05) is 0 Å². The molecule has 0 rings (SSSR count). The predicted molar refractivity (Wildman–Crippen MR) is 80.9 cm³/mol. The molecule has 18 heavy (non-hydrogen) atoms. The summed E-state index contributed by atoms with van der Waals surface area (Å²) < 4.78 is 0. The first-order chi connectivity index (χ1) is 8.38. The highest BCUT2D eigenvalue weighted by molar-refractivity contribution is 5.78. The molecular formula is C17H34O. The summed E-state index contributed by atoms with van der Waals surface area (Å²) in [4.78, 5) is 11.8. The van der Waals surface area contributed by atoms with Crippen molar-refractivity contribution in [3.8, 4) is 0 Å². The maximum Gasteiger partial charge on any atom is 0.133 e. The van der Waals surface area contributed by atoms with Crippen molar-refractivity contribution in [1.82, 2.24) is 0 Å². The zero-order valence-electron chi connectivity index (χ0n) is 13.3. The lowest BCUT2D eigenvalue weighted by molar-refractivity contribution is -0.120. The summed E-state index contributed by atoms with van der Waals surface area (Å²) in [7, 11) is 0. The van der Waals surface area contributed by atoms with E-state index in [1.54, 1.807) is 0 Å². The Morgan fingerprint density at radius 2 is 1.44 bits per heavy atom. The van der Waals surface area contributed by atoms with Gasteiger partial charge in [0, 0.05) is 12.8 Å². The number of hydrogen-bond acceptors (Lipinski definition) is 1. The number of hydrogen-bond donors (Lipinski definition) is 0. The van der Waals surface area contributed by atoms with Crippen molar-refractivity contribution >= 4 is 5.78 Å². The van der Waals surface area contributed by atoms with E-state index in [2.05, 4.69) is 34.6 Å². The van der Waals surface area contributed by atoms with E-state index in [1.165, 1.54) is 38.5 Å². The Balaban J connectivity index is 3.48. The third kappa shape index (κ3) is 9.67. The molecule has 0 aromatic carbocycles. The SMILES string of the molecule is CCCCCCCCCC(=O)CC(C)C(C)(C)C. The molecule has 0 N–H and O–H groups in total. The van der Waals surface area contributed by atoms with E-state index in [0.29, 0.717) is 11.7 Å². The monoisotopic (exact) mass is 254 g/mol. The van der Waals surface area contributed by atoms with Gasteiger partial charge in [-0.15, -0.1) is 0 Å². The van der Waals surface area contributed by atoms with Gasteiger partial charge in [-0.2, -0.15) is 0 Å². The van der Waals surface area contributed by atoms with Gasteiger partial charge in [-0.05, 0) is 17.8 Å². The molecule has 1 heteroatoms. The summed E-state index contributed by atoms with van der Waals surface area (Å²) in [5.74, 6) is 0.959. The van der Waals surface area contributed by atoms with Crippen LogP contribution >= 0.6 is 0 Å². The van der Waals surface area contributed by atoms with Gasteiger partial charge in [-0.3, -0.25) is 4.79 Å². The minimum atomic E-state index is 0.260. The molecule has 1 unspecified atom stereocenters. The Hall–Kier alpha value is -0.330. The molecule has 0 bridgehead atoms. The summed E-state index contributed by atoms with van der Waals surface area (Å²) in [6.45, 7) is 11.1. The van der Waals surface area contributed by atoms with Crippen molar-refractivity contribution in [3.05, 3.63) is 0 Å². The molecule has 1 nitrogen and oxygen atoms in total. The van der Waals surface area contributed by atoms with Crippen molar-refractivity contribution in [2.24, 2.45) is 11.3 Å². The minimum absolute atomic E-state index is 0.260. The van der Waals surface area contributed by atoms with E-state index in [9.17, 15) is 4.79 Å². The number of rotatable bonds is 10. The Morgan fingerprint density at radius 1 is 0.944 bits per heavy atom. The molecule has 0 aliphatic carbocycles. The fourth-order valence-corrected chi connectivity index (χ4v) is 2.03. The molecule has 108 valence electrons. The summed E-state index contributed by atoms with van der Waals surface area (Å²) in [5, 5.41) is 0. The van der Waals surface area contributed by atoms with Gasteiger partial charge < -0.3 is 0 Å². The molecule has 0 amide bonds. The number of ketones is 1. The Bertz CT molecular complexity index is 212. The van der Waals surface area contributed by atoms with Crippen LogP contribution in [0.2, 0.25) is 0 Å². The zero-order chi connectivity index (χ0) is 14.0. The normalized spacial score (nSPS) is 13.6. The number of Topliss-reactive ketones (excluding diaryl/α,β-unsaturated/α-hetero) is 1. The van der Waals surface area contributed by atoms with Crippen LogP contribution in [-0.2, 0) is 4.79 Å². The lowest BCUT2D eigenvalue weighted by atomic mass is 9.79. The lowest BCUT2D eigenvalue weighted by Crippen LogP contribution is -2.20. The van der Waals surface area contributed by atoms with Crippen LogP contribution in [-0.4, -0.2) is 5.78 Å². The molecule has 0 saturated carbocycles. The Kier molecular flexibility index (Phi) is 9.40. The van der Waals surface area contributed by atoms with Gasteiger partial charge in [0.25, 0.3) is 0 Å². The van der Waals surface area contributed by atoms with Crippen molar-refractivity contribution < 1.29 is 4.79 Å². The van der Waals surface area contributed by atoms with E-state index in [-0.39, 0.29) is 5.41 Å². The fraction of sp³-hybridized carbons (Fsp3) is 0.941. The quantitative estimate of drug-likeness (QED) is 0.452. The predicted octanol–water partition coefficient (Wildman–Crippen LogP) is 5.77. The van der Waals surface area contributed by atoms with Crippen LogP contribution in [0.5, 0.6) is 0 Å². The lowest BCUT2D eigenvalue weighted by Gasteiger charge is -2.26. The topological polar surface area (TPSA) is 17.1 Å². The maximum atomic E-state index is 11.8. The van der Waals surface area contributed by atoms with E-state index >= 15 is 0 Å². The van der Waals surface area contributed by atoms with Crippen LogP contribution in [0.4, 0.5) is 0 Å². The summed E-state index contributed by atoms with van der Waals surface area (Å²) in [5.41, 5.74) is 0.260. The maximum absolute atomic E-state index is 11.8. The van der Waals surface area contributed by atoms with Crippen molar-refractivity contribution in [2.45, 2.75) is 92.4 Å². The molecule has 0 heterocycles. The fourth-order valence-electron chi connectivity index (χ4n) is 2.03. The second-order valence-electron chi connectivity index (χ2n) is 6.88.